The summed E-state index contributed by atoms with van der Waals surface area (Å²) in [4.78, 5) is 17.5. The first-order valence-corrected chi connectivity index (χ1v) is 10.3. The van der Waals surface area contributed by atoms with E-state index in [1.807, 2.05) is 35.2 Å². The topological polar surface area (TPSA) is 68.0 Å². The van der Waals surface area contributed by atoms with Gasteiger partial charge in [-0.2, -0.15) is 0 Å². The Bertz CT molecular complexity index is 905. The van der Waals surface area contributed by atoms with Gasteiger partial charge in [0.05, 0.1) is 26.8 Å². The van der Waals surface area contributed by atoms with Crippen LogP contribution in [0.3, 0.4) is 0 Å². The lowest BCUT2D eigenvalue weighted by Crippen LogP contribution is -2.42. The van der Waals surface area contributed by atoms with E-state index < -0.39 is 0 Å². The minimum atomic E-state index is 0. The number of rotatable bonds is 5. The first-order valence-electron chi connectivity index (χ1n) is 10.3. The predicted octanol–water partition coefficient (Wildman–Crippen LogP) is 3.82. The number of likely N-dealkylation sites (tertiary alicyclic amines) is 1. The molecule has 30 heavy (non-hydrogen) atoms. The van der Waals surface area contributed by atoms with Crippen LogP contribution in [-0.4, -0.2) is 44.7 Å². The highest BCUT2D eigenvalue weighted by molar-refractivity contribution is 5.85. The lowest BCUT2D eigenvalue weighted by Gasteiger charge is -2.34. The van der Waals surface area contributed by atoms with Gasteiger partial charge in [0, 0.05) is 30.0 Å². The lowest BCUT2D eigenvalue weighted by atomic mass is 9.99. The molecule has 0 bridgehead atoms. The van der Waals surface area contributed by atoms with E-state index in [2.05, 4.69) is 11.0 Å². The van der Waals surface area contributed by atoms with E-state index >= 15 is 0 Å². The summed E-state index contributed by atoms with van der Waals surface area (Å²) in [5.41, 5.74) is 10.3. The molecule has 2 aromatic carbocycles. The van der Waals surface area contributed by atoms with Crippen LogP contribution in [0.2, 0.25) is 0 Å². The van der Waals surface area contributed by atoms with Crippen molar-refractivity contribution in [3.8, 4) is 11.5 Å². The van der Waals surface area contributed by atoms with E-state index in [0.29, 0.717) is 6.54 Å². The monoisotopic (exact) mass is 431 g/mol. The molecule has 0 saturated carbocycles. The van der Waals surface area contributed by atoms with Gasteiger partial charge in [-0.15, -0.1) is 12.4 Å². The van der Waals surface area contributed by atoms with Crippen molar-refractivity contribution in [3.63, 3.8) is 0 Å². The van der Waals surface area contributed by atoms with Gasteiger partial charge in [-0.25, -0.2) is 0 Å². The molecule has 2 aliphatic heterocycles. The fourth-order valence-corrected chi connectivity index (χ4v) is 4.63. The molecule has 6 nitrogen and oxygen atoms in total. The van der Waals surface area contributed by atoms with E-state index in [4.69, 9.17) is 15.2 Å². The third kappa shape index (κ3) is 4.15. The van der Waals surface area contributed by atoms with Crippen molar-refractivity contribution >= 4 is 29.7 Å². The molecule has 1 unspecified atom stereocenters. The molecule has 1 saturated heterocycles. The molecule has 162 valence electrons. The van der Waals surface area contributed by atoms with E-state index in [9.17, 15) is 4.79 Å². The van der Waals surface area contributed by atoms with Gasteiger partial charge < -0.3 is 25.0 Å². The number of hydrogen-bond acceptors (Lipinski definition) is 5. The van der Waals surface area contributed by atoms with Crippen molar-refractivity contribution in [3.05, 3.63) is 47.5 Å². The quantitative estimate of drug-likeness (QED) is 0.729. The fraction of sp³-hybridized carbons (Fsp3) is 0.435. The first kappa shape index (κ1) is 22.1. The number of ether oxygens (including phenoxy) is 2. The third-order valence-electron chi connectivity index (χ3n) is 6.08. The highest BCUT2D eigenvalue weighted by Gasteiger charge is 2.33. The van der Waals surface area contributed by atoms with Crippen LogP contribution < -0.4 is 20.1 Å². The summed E-state index contributed by atoms with van der Waals surface area (Å²) in [6, 6.07) is 11.8. The summed E-state index contributed by atoms with van der Waals surface area (Å²) in [7, 11) is 3.32. The number of anilines is 2. The molecule has 2 N–H and O–H groups in total. The van der Waals surface area contributed by atoms with E-state index in [-0.39, 0.29) is 24.4 Å². The minimum Gasteiger partial charge on any atom is -0.497 e. The van der Waals surface area contributed by atoms with Gasteiger partial charge >= 0.3 is 0 Å². The molecular weight excluding hydrogens is 402 g/mol. The van der Waals surface area contributed by atoms with Crippen molar-refractivity contribution in [2.75, 3.05) is 44.5 Å². The van der Waals surface area contributed by atoms with Crippen LogP contribution in [0, 0.1) is 0 Å². The average molecular weight is 432 g/mol. The number of amides is 1. The number of methoxy groups -OCH3 is 2. The van der Waals surface area contributed by atoms with Gasteiger partial charge in [0.25, 0.3) is 0 Å². The standard InChI is InChI=1S/C23H29N3O3.ClH/c1-28-16-10-11-22(29-2)18(14-16)21-9-5-13-26(21)23(27)15-25-12-4-6-17-19(24)7-3-8-20(17)25;/h3,7-8,10-11,14,21H,4-6,9,12-13,15,24H2,1-2H3;1H. The molecule has 2 heterocycles. The van der Waals surface area contributed by atoms with Gasteiger partial charge in [0.15, 0.2) is 0 Å². The average Bonchev–Trinajstić information content (AvgIpc) is 3.24. The Morgan fingerprint density at radius 2 is 1.97 bits per heavy atom. The SMILES string of the molecule is COc1ccc(OC)c(C2CCCN2C(=O)CN2CCCc3c(N)cccc32)c1.Cl. The summed E-state index contributed by atoms with van der Waals surface area (Å²) in [5, 5.41) is 0. The highest BCUT2D eigenvalue weighted by atomic mass is 35.5. The molecule has 0 spiro atoms. The summed E-state index contributed by atoms with van der Waals surface area (Å²) in [6.45, 7) is 2.02. The number of nitrogens with two attached hydrogens (primary N) is 1. The van der Waals surface area contributed by atoms with Crippen molar-refractivity contribution in [1.82, 2.24) is 4.90 Å². The summed E-state index contributed by atoms with van der Waals surface area (Å²) in [5.74, 6) is 1.72. The molecular formula is C23H30ClN3O3. The van der Waals surface area contributed by atoms with Gasteiger partial charge in [-0.05, 0) is 61.6 Å². The Balaban J connectivity index is 0.00000256. The molecule has 1 atom stereocenters. The van der Waals surface area contributed by atoms with Crippen molar-refractivity contribution in [2.24, 2.45) is 0 Å². The van der Waals surface area contributed by atoms with E-state index in [0.717, 1.165) is 67.2 Å². The minimum absolute atomic E-state index is 0. The smallest absolute Gasteiger partial charge is 0.242 e. The van der Waals surface area contributed by atoms with E-state index in [1.165, 1.54) is 5.56 Å². The molecule has 2 aliphatic rings. The molecule has 7 heteroatoms. The molecule has 2 aromatic rings. The van der Waals surface area contributed by atoms with Crippen LogP contribution in [0.5, 0.6) is 11.5 Å². The zero-order valence-electron chi connectivity index (χ0n) is 17.6. The number of fused-ring (bicyclic) bond motifs is 1. The predicted molar refractivity (Wildman–Crippen MR) is 122 cm³/mol. The molecule has 4 rings (SSSR count). The van der Waals surface area contributed by atoms with Crippen LogP contribution in [0.4, 0.5) is 11.4 Å². The number of nitrogens with zero attached hydrogens (tertiary/aromatic N) is 2. The molecule has 0 radical (unpaired) electrons. The van der Waals surface area contributed by atoms with Crippen molar-refractivity contribution in [2.45, 2.75) is 31.7 Å². The van der Waals surface area contributed by atoms with Crippen LogP contribution in [-0.2, 0) is 11.2 Å². The lowest BCUT2D eigenvalue weighted by molar-refractivity contribution is -0.130. The second-order valence-electron chi connectivity index (χ2n) is 7.72. The molecule has 1 fully saturated rings. The van der Waals surface area contributed by atoms with Crippen LogP contribution in [0.25, 0.3) is 0 Å². The Morgan fingerprint density at radius 1 is 1.13 bits per heavy atom. The van der Waals surface area contributed by atoms with Gasteiger partial charge in [-0.3, -0.25) is 4.79 Å². The zero-order chi connectivity index (χ0) is 20.4. The number of hydrogen-bond donors (Lipinski definition) is 1. The van der Waals surface area contributed by atoms with Crippen molar-refractivity contribution in [1.29, 1.82) is 0 Å². The van der Waals surface area contributed by atoms with Crippen LogP contribution >= 0.6 is 12.4 Å². The maximum absolute atomic E-state index is 13.3. The number of benzene rings is 2. The summed E-state index contributed by atoms with van der Waals surface area (Å²) in [6.07, 6.45) is 3.90. The number of halogens is 1. The Hall–Kier alpha value is -2.60. The van der Waals surface area contributed by atoms with Gasteiger partial charge in [0.1, 0.15) is 11.5 Å². The van der Waals surface area contributed by atoms with Crippen molar-refractivity contribution < 1.29 is 14.3 Å². The molecule has 1 amide bonds. The first-order chi connectivity index (χ1) is 14.1. The maximum atomic E-state index is 13.3. The zero-order valence-corrected chi connectivity index (χ0v) is 18.4. The summed E-state index contributed by atoms with van der Waals surface area (Å²) < 4.78 is 11.0. The largest absolute Gasteiger partial charge is 0.497 e. The Morgan fingerprint density at radius 3 is 2.73 bits per heavy atom. The van der Waals surface area contributed by atoms with Gasteiger partial charge in [-0.1, -0.05) is 6.07 Å². The maximum Gasteiger partial charge on any atom is 0.242 e. The number of nitrogen functional groups attached to an aromatic ring is 1. The normalized spacial score (nSPS) is 17.9. The van der Waals surface area contributed by atoms with Gasteiger partial charge in [0.2, 0.25) is 5.91 Å². The van der Waals surface area contributed by atoms with Crippen LogP contribution in [0.15, 0.2) is 36.4 Å². The molecule has 0 aliphatic carbocycles. The van der Waals surface area contributed by atoms with E-state index in [1.54, 1.807) is 14.2 Å². The second kappa shape index (κ2) is 9.47. The Kier molecular flexibility index (Phi) is 6.98. The van der Waals surface area contributed by atoms with Crippen LogP contribution in [0.1, 0.15) is 36.4 Å². The second-order valence-corrected chi connectivity index (χ2v) is 7.72. The molecule has 0 aromatic heterocycles. The fourth-order valence-electron chi connectivity index (χ4n) is 4.63. The summed E-state index contributed by atoms with van der Waals surface area (Å²) >= 11 is 0. The third-order valence-corrected chi connectivity index (χ3v) is 6.08. The number of carbonyl (C=O) groups excluding carboxylic acids is 1. The Labute approximate surface area is 184 Å². The highest BCUT2D eigenvalue weighted by Crippen LogP contribution is 2.39. The number of carbonyl (C=O) groups is 1.